The molecule has 4 rings (SSSR count). The summed E-state index contributed by atoms with van der Waals surface area (Å²) in [5.74, 6) is -0.328. The number of carbonyl (C=O) groups is 1. The lowest BCUT2D eigenvalue weighted by molar-refractivity contribution is -0.384. The number of aromatic nitrogens is 1. The zero-order chi connectivity index (χ0) is 23.8. The van der Waals surface area contributed by atoms with Gasteiger partial charge in [0.2, 0.25) is 10.0 Å². The molecule has 2 aromatic carbocycles. The maximum Gasteiger partial charge on any atom is 0.325 e. The van der Waals surface area contributed by atoms with Crippen molar-refractivity contribution in [2.24, 2.45) is 0 Å². The fourth-order valence-electron chi connectivity index (χ4n) is 4.46. The average molecular weight is 472 g/mol. The van der Waals surface area contributed by atoms with E-state index in [1.807, 2.05) is 28.8 Å². The van der Waals surface area contributed by atoms with Gasteiger partial charge >= 0.3 is 5.97 Å². The second-order valence-corrected chi connectivity index (χ2v) is 10.1. The normalized spacial score (nSPS) is 15.8. The lowest BCUT2D eigenvalue weighted by Gasteiger charge is -2.25. The van der Waals surface area contributed by atoms with E-state index in [0.717, 1.165) is 22.2 Å². The summed E-state index contributed by atoms with van der Waals surface area (Å²) in [4.78, 5) is 22.6. The zero-order valence-corrected chi connectivity index (χ0v) is 19.2. The highest BCUT2D eigenvalue weighted by Crippen LogP contribution is 2.35. The van der Waals surface area contributed by atoms with E-state index in [4.69, 9.17) is 4.74 Å². The van der Waals surface area contributed by atoms with Crippen molar-refractivity contribution in [1.29, 1.82) is 0 Å². The third-order valence-corrected chi connectivity index (χ3v) is 7.82. The zero-order valence-electron chi connectivity index (χ0n) is 18.4. The van der Waals surface area contributed by atoms with Gasteiger partial charge in [0, 0.05) is 28.7 Å². The van der Waals surface area contributed by atoms with Crippen molar-refractivity contribution < 1.29 is 22.9 Å². The number of benzene rings is 2. The van der Waals surface area contributed by atoms with E-state index in [-0.39, 0.29) is 18.2 Å². The summed E-state index contributed by atoms with van der Waals surface area (Å²) in [7, 11) is -3.75. The number of anilines is 1. The number of esters is 1. The molecule has 1 aromatic heterocycles. The summed E-state index contributed by atoms with van der Waals surface area (Å²) in [6, 6.07) is 11.7. The number of hydrogen-bond acceptors (Lipinski definition) is 6. The van der Waals surface area contributed by atoms with Crippen molar-refractivity contribution in [2.45, 2.75) is 44.9 Å². The van der Waals surface area contributed by atoms with Crippen LogP contribution < -0.4 is 4.72 Å². The van der Waals surface area contributed by atoms with E-state index in [2.05, 4.69) is 4.72 Å². The molecule has 0 aliphatic heterocycles. The quantitative estimate of drug-likeness (QED) is 0.318. The molecule has 1 N–H and O–H groups in total. The van der Waals surface area contributed by atoms with E-state index in [0.29, 0.717) is 37.1 Å². The number of carbonyl (C=O) groups excluding carboxylic acids is 1. The molecular weight excluding hydrogens is 446 g/mol. The second kappa shape index (κ2) is 8.86. The van der Waals surface area contributed by atoms with Gasteiger partial charge in [-0.25, -0.2) is 8.42 Å². The van der Waals surface area contributed by atoms with E-state index in [9.17, 15) is 23.3 Å². The summed E-state index contributed by atoms with van der Waals surface area (Å²) in [6.07, 6.45) is 1.22. The number of rotatable bonds is 7. The molecule has 174 valence electrons. The number of ether oxygens (including phenoxy) is 1. The predicted molar refractivity (Wildman–Crippen MR) is 125 cm³/mol. The van der Waals surface area contributed by atoms with Gasteiger partial charge in [-0.1, -0.05) is 18.2 Å². The molecule has 33 heavy (non-hydrogen) atoms. The van der Waals surface area contributed by atoms with Gasteiger partial charge in [-0.05, 0) is 56.4 Å². The van der Waals surface area contributed by atoms with Crippen LogP contribution in [0.5, 0.6) is 0 Å². The highest BCUT2D eigenvalue weighted by Gasteiger charge is 2.34. The molecule has 10 heteroatoms. The monoisotopic (exact) mass is 471 g/mol. The van der Waals surface area contributed by atoms with Crippen LogP contribution in [-0.2, 0) is 38.9 Å². The Bertz CT molecular complexity index is 1350. The molecule has 3 aromatic rings. The number of nitrogens with zero attached hydrogens (tertiary/aromatic N) is 2. The Morgan fingerprint density at radius 2 is 2.03 bits per heavy atom. The SMILES string of the molecule is CCOC(=O)Cn1c2c(c3ccccc31)CC(S(=O)(=O)Nc1ccc([N+](=O)[O-])cc1C)CC2. The van der Waals surface area contributed by atoms with Crippen molar-refractivity contribution in [1.82, 2.24) is 4.57 Å². The van der Waals surface area contributed by atoms with Gasteiger partial charge in [0.25, 0.3) is 5.69 Å². The number of sulfonamides is 1. The first-order valence-corrected chi connectivity index (χ1v) is 12.3. The van der Waals surface area contributed by atoms with Crippen LogP contribution in [0, 0.1) is 17.0 Å². The van der Waals surface area contributed by atoms with Gasteiger partial charge in [0.15, 0.2) is 0 Å². The lowest BCUT2D eigenvalue weighted by Crippen LogP contribution is -2.33. The second-order valence-electron chi connectivity index (χ2n) is 8.10. The van der Waals surface area contributed by atoms with Crippen LogP contribution >= 0.6 is 0 Å². The Morgan fingerprint density at radius 3 is 2.73 bits per heavy atom. The number of nitro benzene ring substituents is 1. The average Bonchev–Trinajstić information content (AvgIpc) is 3.08. The maximum atomic E-state index is 13.2. The van der Waals surface area contributed by atoms with Crippen LogP contribution in [0.15, 0.2) is 42.5 Å². The minimum absolute atomic E-state index is 0.0847. The number of aryl methyl sites for hydroxylation is 1. The molecule has 1 aliphatic rings. The van der Waals surface area contributed by atoms with Crippen LogP contribution in [0.1, 0.15) is 30.2 Å². The number of non-ortho nitro benzene ring substituents is 1. The molecule has 0 saturated carbocycles. The first-order chi connectivity index (χ1) is 15.7. The number of hydrogen-bond donors (Lipinski definition) is 1. The molecule has 0 fully saturated rings. The van der Waals surface area contributed by atoms with Gasteiger partial charge in [0.1, 0.15) is 6.54 Å². The van der Waals surface area contributed by atoms with E-state index in [1.165, 1.54) is 18.2 Å². The number of fused-ring (bicyclic) bond motifs is 3. The molecule has 1 atom stereocenters. The third-order valence-electron chi connectivity index (χ3n) is 6.03. The first-order valence-electron chi connectivity index (χ1n) is 10.7. The van der Waals surface area contributed by atoms with E-state index < -0.39 is 20.2 Å². The van der Waals surface area contributed by atoms with Crippen molar-refractivity contribution in [2.75, 3.05) is 11.3 Å². The highest BCUT2D eigenvalue weighted by molar-refractivity contribution is 7.93. The number of para-hydroxylation sites is 1. The summed E-state index contributed by atoms with van der Waals surface area (Å²) >= 11 is 0. The Morgan fingerprint density at radius 1 is 1.27 bits per heavy atom. The molecule has 1 heterocycles. The van der Waals surface area contributed by atoms with Crippen LogP contribution in [-0.4, -0.2) is 35.7 Å². The minimum Gasteiger partial charge on any atom is -0.465 e. The molecule has 0 bridgehead atoms. The summed E-state index contributed by atoms with van der Waals surface area (Å²) in [5.41, 5.74) is 3.49. The smallest absolute Gasteiger partial charge is 0.325 e. The summed E-state index contributed by atoms with van der Waals surface area (Å²) in [6.45, 7) is 3.78. The minimum atomic E-state index is -3.75. The summed E-state index contributed by atoms with van der Waals surface area (Å²) < 4.78 is 36.1. The first kappa shape index (κ1) is 22.8. The third kappa shape index (κ3) is 4.43. The number of nitrogens with one attached hydrogen (secondary N) is 1. The Balaban J connectivity index is 1.63. The van der Waals surface area contributed by atoms with Crippen LogP contribution in [0.3, 0.4) is 0 Å². The van der Waals surface area contributed by atoms with Crippen molar-refractivity contribution in [3.8, 4) is 0 Å². The highest BCUT2D eigenvalue weighted by atomic mass is 32.2. The predicted octanol–water partition coefficient (Wildman–Crippen LogP) is 3.72. The molecular formula is C23H25N3O6S. The Hall–Kier alpha value is -3.40. The molecule has 0 radical (unpaired) electrons. The fourth-order valence-corrected chi connectivity index (χ4v) is 5.98. The molecule has 1 aliphatic carbocycles. The van der Waals surface area contributed by atoms with Gasteiger partial charge in [-0.3, -0.25) is 19.6 Å². The Labute approximate surface area is 191 Å². The van der Waals surface area contributed by atoms with E-state index >= 15 is 0 Å². The maximum absolute atomic E-state index is 13.2. The number of nitro groups is 1. The van der Waals surface area contributed by atoms with Gasteiger partial charge in [-0.2, -0.15) is 0 Å². The van der Waals surface area contributed by atoms with Crippen molar-refractivity contribution in [3.05, 3.63) is 69.4 Å². The molecule has 0 amide bonds. The van der Waals surface area contributed by atoms with Crippen LogP contribution in [0.4, 0.5) is 11.4 Å². The molecule has 0 spiro atoms. The fraction of sp³-hybridized carbons (Fsp3) is 0.348. The molecule has 9 nitrogen and oxygen atoms in total. The van der Waals surface area contributed by atoms with Gasteiger partial charge < -0.3 is 9.30 Å². The van der Waals surface area contributed by atoms with E-state index in [1.54, 1.807) is 13.8 Å². The lowest BCUT2D eigenvalue weighted by atomic mass is 9.95. The van der Waals surface area contributed by atoms with Gasteiger partial charge in [0.05, 0.1) is 22.5 Å². The van der Waals surface area contributed by atoms with Gasteiger partial charge in [-0.15, -0.1) is 0 Å². The molecule has 0 saturated heterocycles. The molecule has 1 unspecified atom stereocenters. The largest absolute Gasteiger partial charge is 0.465 e. The summed E-state index contributed by atoms with van der Waals surface area (Å²) in [5, 5.41) is 11.2. The Kier molecular flexibility index (Phi) is 6.11. The van der Waals surface area contributed by atoms with Crippen LogP contribution in [0.2, 0.25) is 0 Å². The van der Waals surface area contributed by atoms with Crippen molar-refractivity contribution >= 4 is 38.3 Å². The van der Waals surface area contributed by atoms with Crippen LogP contribution in [0.25, 0.3) is 10.9 Å². The topological polar surface area (TPSA) is 121 Å². The van der Waals surface area contributed by atoms with Crippen molar-refractivity contribution in [3.63, 3.8) is 0 Å². The standard InChI is InChI=1S/C23H25N3O6S/c1-3-32-23(27)14-25-21-7-5-4-6-18(21)19-13-17(9-11-22(19)25)33(30,31)24-20-10-8-16(26(28)29)12-15(20)2/h4-8,10,12,17,24H,3,9,11,13-14H2,1-2H3.